The van der Waals surface area contributed by atoms with Crippen molar-refractivity contribution in [2.45, 2.75) is 19.5 Å². The second-order valence-corrected chi connectivity index (χ2v) is 7.17. The second-order valence-electron chi connectivity index (χ2n) is 7.17. The number of pyridine rings is 1. The van der Waals surface area contributed by atoms with Gasteiger partial charge in [0.1, 0.15) is 6.33 Å². The van der Waals surface area contributed by atoms with Crippen LogP contribution in [0.25, 0.3) is 16.9 Å². The molecule has 0 bridgehead atoms. The van der Waals surface area contributed by atoms with E-state index < -0.39 is 5.91 Å². The Morgan fingerprint density at radius 2 is 1.89 bits per heavy atom. The lowest BCUT2D eigenvalue weighted by Crippen LogP contribution is -2.58. The van der Waals surface area contributed by atoms with Gasteiger partial charge in [-0.25, -0.2) is 9.50 Å². The first-order valence-corrected chi connectivity index (χ1v) is 9.11. The lowest BCUT2D eigenvalue weighted by atomic mass is 10.0. The first-order chi connectivity index (χ1) is 13.4. The number of rotatable bonds is 5. The third-order valence-corrected chi connectivity index (χ3v) is 5.33. The highest BCUT2D eigenvalue weighted by Crippen LogP contribution is 2.23. The molecule has 3 aromatic rings. The summed E-state index contributed by atoms with van der Waals surface area (Å²) in [7, 11) is 1.85. The van der Waals surface area contributed by atoms with Gasteiger partial charge >= 0.3 is 0 Å². The zero-order valence-corrected chi connectivity index (χ0v) is 15.9. The van der Waals surface area contributed by atoms with Gasteiger partial charge in [0.15, 0.2) is 5.65 Å². The van der Waals surface area contributed by atoms with Crippen molar-refractivity contribution in [1.29, 1.82) is 0 Å². The number of benzene rings is 1. The van der Waals surface area contributed by atoms with E-state index in [4.69, 9.17) is 5.73 Å². The smallest absolute Gasteiger partial charge is 0.252 e. The molecule has 3 heterocycles. The molecule has 2 amide bonds. The van der Waals surface area contributed by atoms with Gasteiger partial charge in [0.05, 0.1) is 17.3 Å². The van der Waals surface area contributed by atoms with Crippen LogP contribution in [0.2, 0.25) is 0 Å². The molecule has 8 heteroatoms. The molecule has 0 saturated carbocycles. The summed E-state index contributed by atoms with van der Waals surface area (Å²) in [5, 5.41) is 4.23. The van der Waals surface area contributed by atoms with E-state index in [-0.39, 0.29) is 5.91 Å². The molecule has 0 atom stereocenters. The van der Waals surface area contributed by atoms with E-state index in [9.17, 15) is 9.59 Å². The van der Waals surface area contributed by atoms with Crippen molar-refractivity contribution >= 4 is 17.5 Å². The standard InChI is InChI=1S/C20H22N6O2/c1-13(27)24(2)16-10-25(11-16)9-14-3-5-15(6-4-14)18-8-7-17(19(21)28)20-22-12-23-26(18)20/h3-8,12,16H,9-11H2,1-2H3,(H2,21,28). The quantitative estimate of drug-likeness (QED) is 0.719. The third-order valence-electron chi connectivity index (χ3n) is 5.33. The van der Waals surface area contributed by atoms with Crippen LogP contribution >= 0.6 is 0 Å². The fraction of sp³-hybridized carbons (Fsp3) is 0.300. The van der Waals surface area contributed by atoms with Gasteiger partial charge in [0.2, 0.25) is 5.91 Å². The van der Waals surface area contributed by atoms with E-state index in [0.29, 0.717) is 17.3 Å². The van der Waals surface area contributed by atoms with Gasteiger partial charge in [-0.2, -0.15) is 5.10 Å². The van der Waals surface area contributed by atoms with E-state index in [1.807, 2.05) is 25.2 Å². The number of carbonyl (C=O) groups excluding carboxylic acids is 2. The molecule has 2 N–H and O–H groups in total. The molecule has 0 spiro atoms. The predicted octanol–water partition coefficient (Wildman–Crippen LogP) is 1.16. The Kier molecular flexibility index (Phi) is 4.56. The molecule has 8 nitrogen and oxygen atoms in total. The topological polar surface area (TPSA) is 96.8 Å². The number of amides is 2. The Morgan fingerprint density at radius 1 is 1.18 bits per heavy atom. The van der Waals surface area contributed by atoms with Gasteiger partial charge in [-0.3, -0.25) is 14.5 Å². The zero-order valence-electron chi connectivity index (χ0n) is 15.9. The summed E-state index contributed by atoms with van der Waals surface area (Å²) < 4.78 is 1.63. The van der Waals surface area contributed by atoms with Crippen molar-refractivity contribution in [3.05, 3.63) is 53.9 Å². The highest BCUT2D eigenvalue weighted by Gasteiger charge is 2.30. The average molecular weight is 378 g/mol. The van der Waals surface area contributed by atoms with Crippen molar-refractivity contribution in [1.82, 2.24) is 24.4 Å². The fourth-order valence-electron chi connectivity index (χ4n) is 3.53. The predicted molar refractivity (Wildman–Crippen MR) is 104 cm³/mol. The first-order valence-electron chi connectivity index (χ1n) is 9.11. The molecule has 0 unspecified atom stereocenters. The number of carbonyl (C=O) groups is 2. The number of nitrogens with two attached hydrogens (primary N) is 1. The van der Waals surface area contributed by atoms with E-state index in [1.165, 1.54) is 11.9 Å². The van der Waals surface area contributed by atoms with Crippen LogP contribution in [0.3, 0.4) is 0 Å². The van der Waals surface area contributed by atoms with E-state index in [1.54, 1.807) is 22.4 Å². The molecule has 1 aliphatic rings. The summed E-state index contributed by atoms with van der Waals surface area (Å²) in [6, 6.07) is 12.1. The Labute approximate surface area is 162 Å². The highest BCUT2D eigenvalue weighted by atomic mass is 16.2. The summed E-state index contributed by atoms with van der Waals surface area (Å²) in [4.78, 5) is 31.2. The van der Waals surface area contributed by atoms with Gasteiger partial charge in [0.25, 0.3) is 5.91 Å². The van der Waals surface area contributed by atoms with Crippen molar-refractivity contribution < 1.29 is 9.59 Å². The third kappa shape index (κ3) is 3.22. The van der Waals surface area contributed by atoms with E-state index >= 15 is 0 Å². The number of fused-ring (bicyclic) bond motifs is 1. The van der Waals surface area contributed by atoms with E-state index in [2.05, 4.69) is 27.1 Å². The summed E-state index contributed by atoms with van der Waals surface area (Å²) >= 11 is 0. The Morgan fingerprint density at radius 3 is 2.54 bits per heavy atom. The first kappa shape index (κ1) is 18.1. The summed E-state index contributed by atoms with van der Waals surface area (Å²) in [5.41, 5.74) is 9.24. The minimum Gasteiger partial charge on any atom is -0.365 e. The maximum absolute atomic E-state index is 11.6. The van der Waals surface area contributed by atoms with Gasteiger partial charge in [-0.05, 0) is 17.7 Å². The Balaban J connectivity index is 1.48. The van der Waals surface area contributed by atoms with Crippen LogP contribution < -0.4 is 5.73 Å². The largest absolute Gasteiger partial charge is 0.365 e. The number of hydrogen-bond acceptors (Lipinski definition) is 5. The number of nitrogens with zero attached hydrogens (tertiary/aromatic N) is 5. The van der Waals surface area contributed by atoms with Crippen molar-refractivity contribution in [3.63, 3.8) is 0 Å². The molecule has 1 aliphatic heterocycles. The van der Waals surface area contributed by atoms with Gasteiger partial charge in [-0.15, -0.1) is 0 Å². The molecule has 1 saturated heterocycles. The molecule has 2 aromatic heterocycles. The summed E-state index contributed by atoms with van der Waals surface area (Å²) in [6.45, 7) is 4.24. The fourth-order valence-corrected chi connectivity index (χ4v) is 3.53. The number of likely N-dealkylation sites (N-methyl/N-ethyl adjacent to an activating group) is 1. The molecule has 1 fully saturated rings. The molecule has 144 valence electrons. The molecule has 4 rings (SSSR count). The Bertz CT molecular complexity index is 1040. The SMILES string of the molecule is CC(=O)N(C)C1CN(Cc2ccc(-c3ccc(C(N)=O)c4ncnn34)cc2)C1. The van der Waals surface area contributed by atoms with Gasteiger partial charge in [0, 0.05) is 39.2 Å². The maximum Gasteiger partial charge on any atom is 0.252 e. The van der Waals surface area contributed by atoms with Crippen LogP contribution in [0.4, 0.5) is 0 Å². The zero-order chi connectivity index (χ0) is 19.8. The number of primary amides is 1. The molecule has 0 aliphatic carbocycles. The summed E-state index contributed by atoms with van der Waals surface area (Å²) in [6.07, 6.45) is 1.41. The van der Waals surface area contributed by atoms with Crippen LogP contribution in [-0.2, 0) is 11.3 Å². The van der Waals surface area contributed by atoms with Crippen LogP contribution in [0, 0.1) is 0 Å². The maximum atomic E-state index is 11.6. The lowest BCUT2D eigenvalue weighted by molar-refractivity contribution is -0.133. The van der Waals surface area contributed by atoms with E-state index in [0.717, 1.165) is 30.9 Å². The summed E-state index contributed by atoms with van der Waals surface area (Å²) in [5.74, 6) is -0.418. The number of aromatic nitrogens is 3. The minimum absolute atomic E-state index is 0.107. The molecular weight excluding hydrogens is 356 g/mol. The van der Waals surface area contributed by atoms with Gasteiger partial charge in [-0.1, -0.05) is 24.3 Å². The van der Waals surface area contributed by atoms with Crippen LogP contribution in [0.5, 0.6) is 0 Å². The molecule has 28 heavy (non-hydrogen) atoms. The normalized spacial score (nSPS) is 14.8. The molecule has 0 radical (unpaired) electrons. The van der Waals surface area contributed by atoms with Gasteiger partial charge < -0.3 is 10.6 Å². The van der Waals surface area contributed by atoms with Crippen molar-refractivity contribution in [2.75, 3.05) is 20.1 Å². The highest BCUT2D eigenvalue weighted by molar-refractivity contribution is 5.99. The second kappa shape index (κ2) is 7.05. The number of likely N-dealkylation sites (tertiary alicyclic amines) is 1. The minimum atomic E-state index is -0.525. The van der Waals surface area contributed by atoms with Crippen LogP contribution in [0.15, 0.2) is 42.7 Å². The average Bonchev–Trinajstić information content (AvgIpc) is 3.13. The number of hydrogen-bond donors (Lipinski definition) is 1. The molecule has 1 aromatic carbocycles. The van der Waals surface area contributed by atoms with Crippen molar-refractivity contribution in [3.8, 4) is 11.3 Å². The van der Waals surface area contributed by atoms with Crippen LogP contribution in [0.1, 0.15) is 22.8 Å². The van der Waals surface area contributed by atoms with Crippen LogP contribution in [-0.4, -0.2) is 62.4 Å². The lowest BCUT2D eigenvalue weighted by Gasteiger charge is -2.43. The molecular formula is C20H22N6O2. The van der Waals surface area contributed by atoms with Crippen molar-refractivity contribution in [2.24, 2.45) is 5.73 Å². The Hall–Kier alpha value is -3.26. The monoisotopic (exact) mass is 378 g/mol.